The molecule has 1 aliphatic rings. The van der Waals surface area contributed by atoms with E-state index >= 15 is 0 Å². The van der Waals surface area contributed by atoms with E-state index in [4.69, 9.17) is 0 Å². The molecule has 0 spiro atoms. The average molecular weight is 282 g/mol. The van der Waals surface area contributed by atoms with Crippen molar-refractivity contribution in [3.05, 3.63) is 29.8 Å². The lowest BCUT2D eigenvalue weighted by Crippen LogP contribution is -2.32. The molecule has 0 unspecified atom stereocenters. The predicted octanol–water partition coefficient (Wildman–Crippen LogP) is 1.04. The molecule has 104 valence electrons. The average Bonchev–Trinajstić information content (AvgIpc) is 2.41. The number of hydrogen-bond donors (Lipinski definition) is 2. The van der Waals surface area contributed by atoms with Gasteiger partial charge in [0.2, 0.25) is 0 Å². The van der Waals surface area contributed by atoms with Crippen LogP contribution < -0.4 is 10.6 Å². The van der Waals surface area contributed by atoms with Crippen LogP contribution in [0.1, 0.15) is 23.2 Å². The van der Waals surface area contributed by atoms with Gasteiger partial charge >= 0.3 is 0 Å². The van der Waals surface area contributed by atoms with Crippen molar-refractivity contribution in [3.63, 3.8) is 0 Å². The van der Waals surface area contributed by atoms with Crippen LogP contribution in [-0.4, -0.2) is 38.9 Å². The minimum absolute atomic E-state index is 0.115. The van der Waals surface area contributed by atoms with Gasteiger partial charge in [0, 0.05) is 24.3 Å². The number of sulfone groups is 1. The van der Waals surface area contributed by atoms with Gasteiger partial charge in [-0.15, -0.1) is 0 Å². The van der Waals surface area contributed by atoms with E-state index < -0.39 is 9.84 Å². The van der Waals surface area contributed by atoms with E-state index in [0.29, 0.717) is 18.4 Å². The fraction of sp³-hybridized carbons (Fsp3) is 0.462. The van der Waals surface area contributed by atoms with E-state index in [1.165, 1.54) is 0 Å². The van der Waals surface area contributed by atoms with Crippen molar-refractivity contribution in [2.75, 3.05) is 23.9 Å². The maximum atomic E-state index is 11.4. The number of carbonyl (C=O) groups is 1. The molecule has 19 heavy (non-hydrogen) atoms. The summed E-state index contributed by atoms with van der Waals surface area (Å²) in [5.41, 5.74) is 1.52. The van der Waals surface area contributed by atoms with Gasteiger partial charge in [-0.2, -0.15) is 0 Å². The van der Waals surface area contributed by atoms with Gasteiger partial charge in [-0.25, -0.2) is 8.42 Å². The molecule has 1 fully saturated rings. The number of amides is 1. The molecule has 0 bridgehead atoms. The van der Waals surface area contributed by atoms with E-state index in [-0.39, 0.29) is 23.5 Å². The van der Waals surface area contributed by atoms with Gasteiger partial charge in [-0.1, -0.05) is 0 Å². The zero-order valence-corrected chi connectivity index (χ0v) is 11.7. The molecular formula is C13H18N2O3S. The number of hydrogen-bond acceptors (Lipinski definition) is 4. The Morgan fingerprint density at radius 3 is 2.26 bits per heavy atom. The van der Waals surface area contributed by atoms with E-state index in [0.717, 1.165) is 5.69 Å². The molecule has 1 saturated heterocycles. The number of benzene rings is 1. The van der Waals surface area contributed by atoms with Crippen molar-refractivity contribution >= 4 is 21.4 Å². The summed E-state index contributed by atoms with van der Waals surface area (Å²) in [5, 5.41) is 5.87. The third kappa shape index (κ3) is 3.70. The lowest BCUT2D eigenvalue weighted by molar-refractivity contribution is 0.0963. The summed E-state index contributed by atoms with van der Waals surface area (Å²) in [7, 11) is -1.23. The highest BCUT2D eigenvalue weighted by Gasteiger charge is 2.23. The standard InChI is InChI=1S/C13H18N2O3S/c1-14-13(16)10-2-4-11(5-3-10)15-12-6-8-19(17,18)9-7-12/h2-5,12,15H,6-9H2,1H3,(H,14,16). The maximum Gasteiger partial charge on any atom is 0.251 e. The van der Waals surface area contributed by atoms with Crippen LogP contribution in [0.3, 0.4) is 0 Å². The molecule has 2 N–H and O–H groups in total. The topological polar surface area (TPSA) is 75.3 Å². The van der Waals surface area contributed by atoms with Crippen molar-refractivity contribution < 1.29 is 13.2 Å². The first-order valence-electron chi connectivity index (χ1n) is 6.29. The molecule has 1 aliphatic heterocycles. The van der Waals surface area contributed by atoms with E-state index in [9.17, 15) is 13.2 Å². The molecule has 0 radical (unpaired) electrons. The van der Waals surface area contributed by atoms with Crippen molar-refractivity contribution in [1.82, 2.24) is 5.32 Å². The molecule has 1 amide bonds. The zero-order valence-electron chi connectivity index (χ0n) is 10.8. The third-order valence-electron chi connectivity index (χ3n) is 3.30. The summed E-state index contributed by atoms with van der Waals surface area (Å²) >= 11 is 0. The second kappa shape index (κ2) is 5.61. The van der Waals surface area contributed by atoms with Gasteiger partial charge < -0.3 is 10.6 Å². The van der Waals surface area contributed by atoms with Gasteiger partial charge in [-0.05, 0) is 37.1 Å². The van der Waals surface area contributed by atoms with Crippen LogP contribution >= 0.6 is 0 Å². The van der Waals surface area contributed by atoms with Crippen LogP contribution in [0.5, 0.6) is 0 Å². The number of carbonyl (C=O) groups excluding carboxylic acids is 1. The van der Waals surface area contributed by atoms with Gasteiger partial charge in [0.15, 0.2) is 0 Å². The molecule has 0 atom stereocenters. The molecule has 0 aromatic heterocycles. The van der Waals surface area contributed by atoms with Crippen molar-refractivity contribution in [3.8, 4) is 0 Å². The van der Waals surface area contributed by atoms with Gasteiger partial charge in [-0.3, -0.25) is 4.79 Å². The summed E-state index contributed by atoms with van der Waals surface area (Å²) in [6.45, 7) is 0. The molecule has 1 aromatic rings. The highest BCUT2D eigenvalue weighted by Crippen LogP contribution is 2.18. The van der Waals surface area contributed by atoms with Gasteiger partial charge in [0.25, 0.3) is 5.91 Å². The summed E-state index contributed by atoms with van der Waals surface area (Å²) in [5.74, 6) is 0.387. The van der Waals surface area contributed by atoms with Crippen molar-refractivity contribution in [2.24, 2.45) is 0 Å². The van der Waals surface area contributed by atoms with Crippen LogP contribution in [0.4, 0.5) is 5.69 Å². The summed E-state index contributed by atoms with van der Waals surface area (Å²) in [4.78, 5) is 11.4. The third-order valence-corrected chi connectivity index (χ3v) is 5.01. The maximum absolute atomic E-state index is 11.4. The first kappa shape index (κ1) is 13.9. The van der Waals surface area contributed by atoms with Crippen LogP contribution in [-0.2, 0) is 9.84 Å². The molecule has 0 saturated carbocycles. The molecular weight excluding hydrogens is 264 g/mol. The Balaban J connectivity index is 1.95. The van der Waals surface area contributed by atoms with Gasteiger partial charge in [0.05, 0.1) is 11.5 Å². The Labute approximate surface area is 113 Å². The number of nitrogens with one attached hydrogen (secondary N) is 2. The van der Waals surface area contributed by atoms with Crippen LogP contribution in [0.15, 0.2) is 24.3 Å². The Morgan fingerprint density at radius 1 is 1.16 bits per heavy atom. The van der Waals surface area contributed by atoms with E-state index in [1.807, 2.05) is 12.1 Å². The molecule has 1 aromatic carbocycles. The zero-order chi connectivity index (χ0) is 13.9. The fourth-order valence-corrected chi connectivity index (χ4v) is 3.62. The Kier molecular flexibility index (Phi) is 4.09. The number of anilines is 1. The minimum Gasteiger partial charge on any atom is -0.382 e. The molecule has 0 aliphatic carbocycles. The predicted molar refractivity (Wildman–Crippen MR) is 75.1 cm³/mol. The van der Waals surface area contributed by atoms with E-state index in [1.54, 1.807) is 19.2 Å². The molecule has 2 rings (SSSR count). The first-order chi connectivity index (χ1) is 9.00. The lowest BCUT2D eigenvalue weighted by Gasteiger charge is -2.24. The summed E-state index contributed by atoms with van der Waals surface area (Å²) < 4.78 is 22.7. The SMILES string of the molecule is CNC(=O)c1ccc(NC2CCS(=O)(=O)CC2)cc1. The van der Waals surface area contributed by atoms with Gasteiger partial charge in [0.1, 0.15) is 9.84 Å². The van der Waals surface area contributed by atoms with E-state index in [2.05, 4.69) is 10.6 Å². The smallest absolute Gasteiger partial charge is 0.251 e. The second-order valence-electron chi connectivity index (χ2n) is 4.73. The Morgan fingerprint density at radius 2 is 1.74 bits per heavy atom. The quantitative estimate of drug-likeness (QED) is 0.868. The Hall–Kier alpha value is -1.56. The monoisotopic (exact) mass is 282 g/mol. The molecule has 6 heteroatoms. The van der Waals surface area contributed by atoms with Crippen molar-refractivity contribution in [1.29, 1.82) is 0 Å². The largest absolute Gasteiger partial charge is 0.382 e. The normalized spacial score (nSPS) is 18.8. The van der Waals surface area contributed by atoms with Crippen LogP contribution in [0.25, 0.3) is 0 Å². The fourth-order valence-electron chi connectivity index (χ4n) is 2.13. The molecule has 1 heterocycles. The summed E-state index contributed by atoms with van der Waals surface area (Å²) in [6.07, 6.45) is 1.28. The number of rotatable bonds is 3. The Bertz CT molecular complexity index is 538. The summed E-state index contributed by atoms with van der Waals surface area (Å²) in [6, 6.07) is 7.37. The van der Waals surface area contributed by atoms with Crippen LogP contribution in [0.2, 0.25) is 0 Å². The first-order valence-corrected chi connectivity index (χ1v) is 8.11. The highest BCUT2D eigenvalue weighted by atomic mass is 32.2. The van der Waals surface area contributed by atoms with Crippen molar-refractivity contribution in [2.45, 2.75) is 18.9 Å². The molecule has 5 nitrogen and oxygen atoms in total. The van der Waals surface area contributed by atoms with Crippen LogP contribution in [0, 0.1) is 0 Å². The highest BCUT2D eigenvalue weighted by molar-refractivity contribution is 7.91. The lowest BCUT2D eigenvalue weighted by atomic mass is 10.1. The minimum atomic E-state index is -2.82. The second-order valence-corrected chi connectivity index (χ2v) is 7.03.